The van der Waals surface area contributed by atoms with Gasteiger partial charge in [0.2, 0.25) is 0 Å². The number of rotatable bonds is 4. The Morgan fingerprint density at radius 2 is 2.40 bits per heavy atom. The van der Waals surface area contributed by atoms with Crippen molar-refractivity contribution >= 4 is 28.1 Å². The summed E-state index contributed by atoms with van der Waals surface area (Å²) in [4.78, 5) is 11.1. The van der Waals surface area contributed by atoms with Crippen LogP contribution in [0.15, 0.2) is 11.0 Å². The van der Waals surface area contributed by atoms with Gasteiger partial charge in [-0.25, -0.2) is 5.10 Å². The van der Waals surface area contributed by atoms with E-state index in [1.54, 1.807) is 6.26 Å². The first-order chi connectivity index (χ1) is 7.00. The van der Waals surface area contributed by atoms with Crippen LogP contribution in [0.3, 0.4) is 0 Å². The molecule has 1 aromatic rings. The molecule has 15 heavy (non-hydrogen) atoms. The summed E-state index contributed by atoms with van der Waals surface area (Å²) in [7, 11) is -0.893. The highest BCUT2D eigenvalue weighted by atomic mass is 35.5. The van der Waals surface area contributed by atoms with Crippen molar-refractivity contribution in [3.8, 4) is 0 Å². The quantitative estimate of drug-likeness (QED) is 0.820. The van der Waals surface area contributed by atoms with Crippen LogP contribution >= 0.6 is 11.6 Å². The van der Waals surface area contributed by atoms with Crippen molar-refractivity contribution in [2.24, 2.45) is 0 Å². The van der Waals surface area contributed by atoms with Gasteiger partial charge in [-0.2, -0.15) is 5.10 Å². The van der Waals surface area contributed by atoms with E-state index < -0.39 is 16.4 Å². The van der Waals surface area contributed by atoms with E-state index in [1.165, 1.54) is 6.20 Å². The van der Waals surface area contributed by atoms with Gasteiger partial charge in [0.25, 0.3) is 5.56 Å². The van der Waals surface area contributed by atoms with E-state index in [2.05, 4.69) is 15.5 Å². The Labute approximate surface area is 94.7 Å². The minimum atomic E-state index is -0.893. The molecule has 5 nitrogen and oxygen atoms in total. The second-order valence-corrected chi connectivity index (χ2v) is 5.07. The van der Waals surface area contributed by atoms with E-state index in [-0.39, 0.29) is 11.1 Å². The number of anilines is 1. The number of nitrogens with one attached hydrogen (secondary N) is 2. The van der Waals surface area contributed by atoms with Crippen molar-refractivity contribution in [3.05, 3.63) is 21.6 Å². The number of halogens is 1. The van der Waals surface area contributed by atoms with Gasteiger partial charge in [-0.15, -0.1) is 0 Å². The number of hydrogen-bond donors (Lipinski definition) is 2. The number of H-pyrrole nitrogens is 1. The highest BCUT2D eigenvalue weighted by molar-refractivity contribution is 7.84. The van der Waals surface area contributed by atoms with E-state index in [0.717, 1.165) is 0 Å². The molecule has 2 atom stereocenters. The third kappa shape index (κ3) is 3.64. The van der Waals surface area contributed by atoms with Crippen LogP contribution in [0.5, 0.6) is 0 Å². The number of nitrogens with zero attached hydrogens (tertiary/aromatic N) is 1. The Morgan fingerprint density at radius 1 is 1.73 bits per heavy atom. The van der Waals surface area contributed by atoms with E-state index >= 15 is 0 Å². The van der Waals surface area contributed by atoms with Crippen LogP contribution in [-0.2, 0) is 10.8 Å². The summed E-state index contributed by atoms with van der Waals surface area (Å²) >= 11 is 5.75. The third-order valence-corrected chi connectivity index (χ3v) is 3.03. The van der Waals surface area contributed by atoms with Crippen LogP contribution in [0.1, 0.15) is 6.92 Å². The minimum Gasteiger partial charge on any atom is -0.379 e. The van der Waals surface area contributed by atoms with Crippen LogP contribution in [0, 0.1) is 0 Å². The molecule has 0 radical (unpaired) electrons. The molecule has 1 rings (SSSR count). The van der Waals surface area contributed by atoms with Crippen LogP contribution in [0.4, 0.5) is 5.69 Å². The van der Waals surface area contributed by atoms with Crippen molar-refractivity contribution in [1.82, 2.24) is 10.2 Å². The molecule has 0 saturated carbocycles. The van der Waals surface area contributed by atoms with Gasteiger partial charge < -0.3 is 5.32 Å². The zero-order chi connectivity index (χ0) is 11.4. The van der Waals surface area contributed by atoms with Crippen molar-refractivity contribution in [2.45, 2.75) is 13.0 Å². The summed E-state index contributed by atoms with van der Waals surface area (Å²) < 4.78 is 11.0. The molecule has 0 bridgehead atoms. The monoisotopic (exact) mass is 249 g/mol. The second kappa shape index (κ2) is 5.27. The van der Waals surface area contributed by atoms with Gasteiger partial charge in [0.05, 0.1) is 11.9 Å². The molecule has 0 fully saturated rings. The molecule has 0 aliphatic rings. The molecule has 2 N–H and O–H groups in total. The summed E-state index contributed by atoms with van der Waals surface area (Å²) in [6.45, 7) is 1.86. The summed E-state index contributed by atoms with van der Waals surface area (Å²) in [5.74, 6) is 0.489. The zero-order valence-corrected chi connectivity index (χ0v) is 9.98. The minimum absolute atomic E-state index is 0.0306. The molecular weight excluding hydrogens is 238 g/mol. The lowest BCUT2D eigenvalue weighted by Gasteiger charge is -2.13. The fraction of sp³-hybridized carbons (Fsp3) is 0.500. The molecule has 0 aliphatic heterocycles. The Balaban J connectivity index is 2.76. The number of aromatic nitrogens is 2. The van der Waals surface area contributed by atoms with Crippen LogP contribution in [0.25, 0.3) is 0 Å². The van der Waals surface area contributed by atoms with Gasteiger partial charge >= 0.3 is 0 Å². The molecule has 0 saturated heterocycles. The second-order valence-electron chi connectivity index (χ2n) is 3.21. The summed E-state index contributed by atoms with van der Waals surface area (Å²) in [6.07, 6.45) is 3.05. The topological polar surface area (TPSA) is 74.8 Å². The summed E-state index contributed by atoms with van der Waals surface area (Å²) in [5, 5.41) is 8.88. The Kier molecular flexibility index (Phi) is 4.28. The third-order valence-electron chi connectivity index (χ3n) is 1.68. The highest BCUT2D eigenvalue weighted by Gasteiger charge is 2.09. The van der Waals surface area contributed by atoms with E-state index in [0.29, 0.717) is 11.4 Å². The van der Waals surface area contributed by atoms with Crippen LogP contribution < -0.4 is 10.9 Å². The maximum absolute atomic E-state index is 11.1. The normalized spacial score (nSPS) is 14.6. The molecule has 0 spiro atoms. The Bertz CT molecular complexity index is 421. The lowest BCUT2D eigenvalue weighted by atomic mass is 10.3. The standard InChI is InChI=1S/C8H12ClN3O2S/c1-5(4-15(2)14)11-6-3-10-12-8(13)7(6)9/h3,5H,4H2,1-2H3,(H2,11,12,13). The van der Waals surface area contributed by atoms with E-state index in [1.807, 2.05) is 6.92 Å². The SMILES string of the molecule is CC(CS(C)=O)Nc1cn[nH]c(=O)c1Cl. The van der Waals surface area contributed by atoms with Gasteiger partial charge in [0.1, 0.15) is 5.02 Å². The maximum Gasteiger partial charge on any atom is 0.285 e. The Morgan fingerprint density at radius 3 is 3.00 bits per heavy atom. The fourth-order valence-corrected chi connectivity index (χ4v) is 2.08. The molecule has 7 heteroatoms. The summed E-state index contributed by atoms with van der Waals surface area (Å²) in [5.41, 5.74) is 0.0184. The lowest BCUT2D eigenvalue weighted by Crippen LogP contribution is -2.24. The molecule has 84 valence electrons. The fourth-order valence-electron chi connectivity index (χ4n) is 1.14. The maximum atomic E-state index is 11.1. The zero-order valence-electron chi connectivity index (χ0n) is 8.41. The smallest absolute Gasteiger partial charge is 0.285 e. The van der Waals surface area contributed by atoms with Gasteiger partial charge in [-0.3, -0.25) is 9.00 Å². The van der Waals surface area contributed by atoms with E-state index in [9.17, 15) is 9.00 Å². The van der Waals surface area contributed by atoms with Crippen LogP contribution in [0.2, 0.25) is 5.02 Å². The van der Waals surface area contributed by atoms with Crippen molar-refractivity contribution < 1.29 is 4.21 Å². The van der Waals surface area contributed by atoms with E-state index in [4.69, 9.17) is 11.6 Å². The summed E-state index contributed by atoms with van der Waals surface area (Å²) in [6, 6.07) is -0.0306. The van der Waals surface area contributed by atoms with Gasteiger partial charge in [-0.1, -0.05) is 11.6 Å². The molecule has 0 amide bonds. The molecule has 1 aromatic heterocycles. The lowest BCUT2D eigenvalue weighted by molar-refractivity contribution is 0.683. The first-order valence-corrected chi connectivity index (χ1v) is 6.41. The first-order valence-electron chi connectivity index (χ1n) is 4.30. The predicted molar refractivity (Wildman–Crippen MR) is 61.9 cm³/mol. The molecule has 2 unspecified atom stereocenters. The Hall–Kier alpha value is -0.880. The number of aromatic amines is 1. The van der Waals surface area contributed by atoms with Crippen LogP contribution in [-0.4, -0.2) is 32.5 Å². The molecule has 1 heterocycles. The van der Waals surface area contributed by atoms with Gasteiger partial charge in [-0.05, 0) is 6.92 Å². The van der Waals surface area contributed by atoms with Gasteiger partial charge in [0, 0.05) is 28.9 Å². The van der Waals surface area contributed by atoms with Crippen molar-refractivity contribution in [2.75, 3.05) is 17.3 Å². The molecule has 0 aromatic carbocycles. The van der Waals surface area contributed by atoms with Crippen molar-refractivity contribution in [1.29, 1.82) is 0 Å². The largest absolute Gasteiger partial charge is 0.379 e. The first kappa shape index (κ1) is 12.2. The predicted octanol–water partition coefficient (Wildman–Crippen LogP) is 0.602. The average molecular weight is 250 g/mol. The van der Waals surface area contributed by atoms with Gasteiger partial charge in [0.15, 0.2) is 0 Å². The average Bonchev–Trinajstić information content (AvgIpc) is 2.11. The molecule has 0 aliphatic carbocycles. The highest BCUT2D eigenvalue weighted by Crippen LogP contribution is 2.15. The van der Waals surface area contributed by atoms with Crippen molar-refractivity contribution in [3.63, 3.8) is 0 Å². The number of hydrogen-bond acceptors (Lipinski definition) is 4. The molecular formula is C8H12ClN3O2S.